The molecule has 2 aliphatic rings. The second kappa shape index (κ2) is 10.6. The fourth-order valence-corrected chi connectivity index (χ4v) is 4.30. The van der Waals surface area contributed by atoms with Crippen LogP contribution in [0, 0.1) is 10.1 Å². The third-order valence-corrected chi connectivity index (χ3v) is 6.12. The van der Waals surface area contributed by atoms with Gasteiger partial charge >= 0.3 is 5.97 Å². The first-order valence-electron chi connectivity index (χ1n) is 11.8. The van der Waals surface area contributed by atoms with Crippen LogP contribution in [0.5, 0.6) is 0 Å². The predicted molar refractivity (Wildman–Crippen MR) is 129 cm³/mol. The van der Waals surface area contributed by atoms with Gasteiger partial charge in [-0.1, -0.05) is 56.5 Å². The van der Waals surface area contributed by atoms with E-state index in [1.807, 2.05) is 37.3 Å². The highest BCUT2D eigenvalue weighted by Gasteiger charge is 2.52. The normalized spacial score (nSPS) is 21.7. The molecule has 0 radical (unpaired) electrons. The number of hydrogen-bond acceptors (Lipinski definition) is 7. The number of benzene rings is 2. The van der Waals surface area contributed by atoms with E-state index in [1.54, 1.807) is 12.1 Å². The molecule has 1 fully saturated rings. The Bertz CT molecular complexity index is 1080. The van der Waals surface area contributed by atoms with Crippen LogP contribution < -0.4 is 0 Å². The number of ether oxygens (including phenoxy) is 2. The van der Waals surface area contributed by atoms with Crippen molar-refractivity contribution in [1.82, 2.24) is 0 Å². The van der Waals surface area contributed by atoms with E-state index in [9.17, 15) is 14.9 Å². The summed E-state index contributed by atoms with van der Waals surface area (Å²) in [7, 11) is 0. The number of hydrogen-bond donors (Lipinski definition) is 0. The maximum Gasteiger partial charge on any atom is 0.344 e. The van der Waals surface area contributed by atoms with Crippen LogP contribution in [-0.2, 0) is 20.7 Å². The standard InChI is InChI=1S/C26H29N3O5/c1-2-17-33-25(30)26(18-19-13-15-22(16-14-19)29(31)32)24(27-21-11-7-4-8-12-21)34-23(28-26)20-9-5-3-6-10-20/h3,5-6,9-10,13-16,21H,2,4,7-8,11-12,17-18H2,1H3/t26-/m0/s1. The molecule has 1 aliphatic carbocycles. The lowest BCUT2D eigenvalue weighted by Crippen LogP contribution is -2.47. The minimum Gasteiger partial charge on any atom is -0.463 e. The molecule has 8 heteroatoms. The molecule has 2 aromatic carbocycles. The summed E-state index contributed by atoms with van der Waals surface area (Å²) in [6.45, 7) is 2.19. The van der Waals surface area contributed by atoms with Crippen molar-refractivity contribution in [2.75, 3.05) is 6.61 Å². The van der Waals surface area contributed by atoms with Crippen LogP contribution in [0.25, 0.3) is 0 Å². The molecule has 34 heavy (non-hydrogen) atoms. The number of nitro benzene ring substituents is 1. The van der Waals surface area contributed by atoms with Gasteiger partial charge in [0, 0.05) is 24.1 Å². The van der Waals surface area contributed by atoms with Gasteiger partial charge in [-0.25, -0.2) is 14.8 Å². The number of rotatable bonds is 8. The van der Waals surface area contributed by atoms with Gasteiger partial charge in [0.2, 0.25) is 17.3 Å². The van der Waals surface area contributed by atoms with Crippen LogP contribution in [-0.4, -0.2) is 40.9 Å². The Kier molecular flexibility index (Phi) is 7.35. The first-order valence-corrected chi connectivity index (χ1v) is 11.8. The van der Waals surface area contributed by atoms with Gasteiger partial charge in [-0.2, -0.15) is 0 Å². The Morgan fingerprint density at radius 2 is 1.85 bits per heavy atom. The Morgan fingerprint density at radius 3 is 2.50 bits per heavy atom. The van der Waals surface area contributed by atoms with Crippen LogP contribution >= 0.6 is 0 Å². The van der Waals surface area contributed by atoms with E-state index in [-0.39, 0.29) is 30.7 Å². The average Bonchev–Trinajstić information content (AvgIpc) is 3.23. The van der Waals surface area contributed by atoms with E-state index >= 15 is 0 Å². The van der Waals surface area contributed by atoms with E-state index in [0.717, 1.165) is 31.2 Å². The lowest BCUT2D eigenvalue weighted by atomic mass is 9.90. The molecule has 1 aliphatic heterocycles. The lowest BCUT2D eigenvalue weighted by molar-refractivity contribution is -0.384. The summed E-state index contributed by atoms with van der Waals surface area (Å²) in [5.41, 5.74) is -0.0446. The largest absolute Gasteiger partial charge is 0.463 e. The van der Waals surface area contributed by atoms with E-state index in [2.05, 4.69) is 0 Å². The van der Waals surface area contributed by atoms with E-state index in [0.29, 0.717) is 17.9 Å². The van der Waals surface area contributed by atoms with E-state index in [1.165, 1.54) is 18.6 Å². The fourth-order valence-electron chi connectivity index (χ4n) is 4.30. The topological polar surface area (TPSA) is 103 Å². The molecule has 178 valence electrons. The summed E-state index contributed by atoms with van der Waals surface area (Å²) in [4.78, 5) is 33.9. The van der Waals surface area contributed by atoms with Gasteiger partial charge in [0.05, 0.1) is 17.6 Å². The van der Waals surface area contributed by atoms with Crippen molar-refractivity contribution < 1.29 is 19.2 Å². The SMILES string of the molecule is CCCOC(=O)[C@@]1(Cc2ccc([N+](=O)[O-])cc2)N=C(c2ccccc2)OC1=NC1CCCCC1. The Hall–Kier alpha value is -3.55. The minimum atomic E-state index is -1.48. The van der Waals surface area contributed by atoms with Gasteiger partial charge in [0.15, 0.2) is 0 Å². The van der Waals surface area contributed by atoms with Crippen molar-refractivity contribution in [2.24, 2.45) is 9.98 Å². The van der Waals surface area contributed by atoms with Crippen molar-refractivity contribution in [3.8, 4) is 0 Å². The third-order valence-electron chi connectivity index (χ3n) is 6.12. The van der Waals surface area contributed by atoms with E-state index in [4.69, 9.17) is 19.5 Å². The maximum absolute atomic E-state index is 13.5. The third kappa shape index (κ3) is 5.16. The molecular formula is C26H29N3O5. The zero-order chi connectivity index (χ0) is 24.0. The van der Waals surface area contributed by atoms with Crippen LogP contribution in [0.2, 0.25) is 0 Å². The van der Waals surface area contributed by atoms with E-state index < -0.39 is 16.4 Å². The second-order valence-electron chi connectivity index (χ2n) is 8.71. The van der Waals surface area contributed by atoms with Crippen LogP contribution in [0.1, 0.15) is 56.6 Å². The number of aliphatic imine (C=N–C) groups is 2. The number of nitrogens with zero attached hydrogens (tertiary/aromatic N) is 3. The summed E-state index contributed by atoms with van der Waals surface area (Å²) in [6, 6.07) is 15.6. The predicted octanol–water partition coefficient (Wildman–Crippen LogP) is 5.04. The Morgan fingerprint density at radius 1 is 1.15 bits per heavy atom. The molecule has 1 atom stereocenters. The molecule has 0 amide bonds. The molecule has 0 N–H and O–H groups in total. The summed E-state index contributed by atoms with van der Waals surface area (Å²) < 4.78 is 11.8. The summed E-state index contributed by atoms with van der Waals surface area (Å²) >= 11 is 0. The first kappa shape index (κ1) is 23.6. The first-order chi connectivity index (χ1) is 16.5. The van der Waals surface area contributed by atoms with Gasteiger partial charge in [-0.3, -0.25) is 10.1 Å². The molecule has 0 aromatic heterocycles. The second-order valence-corrected chi connectivity index (χ2v) is 8.71. The highest BCUT2D eigenvalue weighted by molar-refractivity contribution is 6.19. The molecule has 1 heterocycles. The van der Waals surface area contributed by atoms with Crippen molar-refractivity contribution in [3.63, 3.8) is 0 Å². The quantitative estimate of drug-likeness (QED) is 0.310. The van der Waals surface area contributed by atoms with Crippen LogP contribution in [0.4, 0.5) is 5.69 Å². The van der Waals surface area contributed by atoms with Gasteiger partial charge in [-0.05, 0) is 37.0 Å². The molecule has 2 aromatic rings. The van der Waals surface area contributed by atoms with Gasteiger partial charge in [-0.15, -0.1) is 0 Å². The number of carbonyl (C=O) groups excluding carboxylic acids is 1. The number of esters is 1. The molecule has 0 unspecified atom stereocenters. The number of non-ortho nitro benzene ring substituents is 1. The summed E-state index contributed by atoms with van der Waals surface area (Å²) in [5, 5.41) is 11.1. The van der Waals surface area contributed by atoms with Crippen molar-refractivity contribution >= 4 is 23.5 Å². The summed E-state index contributed by atoms with van der Waals surface area (Å²) in [6.07, 6.45) is 6.03. The highest BCUT2D eigenvalue weighted by Crippen LogP contribution is 2.33. The Labute approximate surface area is 198 Å². The minimum absolute atomic E-state index is 0.0152. The average molecular weight is 464 g/mol. The zero-order valence-electron chi connectivity index (χ0n) is 19.3. The van der Waals surface area contributed by atoms with Crippen molar-refractivity contribution in [3.05, 3.63) is 75.8 Å². The van der Waals surface area contributed by atoms with Crippen molar-refractivity contribution in [1.29, 1.82) is 0 Å². The smallest absolute Gasteiger partial charge is 0.344 e. The van der Waals surface area contributed by atoms with Gasteiger partial charge in [0.25, 0.3) is 5.69 Å². The molecule has 0 spiro atoms. The molecular weight excluding hydrogens is 434 g/mol. The molecule has 4 rings (SSSR count). The van der Waals surface area contributed by atoms with Gasteiger partial charge in [0.1, 0.15) is 0 Å². The van der Waals surface area contributed by atoms with Crippen LogP contribution in [0.15, 0.2) is 64.6 Å². The molecule has 8 nitrogen and oxygen atoms in total. The number of carbonyl (C=O) groups is 1. The summed E-state index contributed by atoms with van der Waals surface area (Å²) in [5.74, 6) is 0.0522. The van der Waals surface area contributed by atoms with Crippen LogP contribution in [0.3, 0.4) is 0 Å². The highest BCUT2D eigenvalue weighted by atomic mass is 16.6. The van der Waals surface area contributed by atoms with Gasteiger partial charge < -0.3 is 9.47 Å². The zero-order valence-corrected chi connectivity index (χ0v) is 19.3. The van der Waals surface area contributed by atoms with Crippen molar-refractivity contribution in [2.45, 2.75) is 63.5 Å². The fraction of sp³-hybridized carbons (Fsp3) is 0.423. The lowest BCUT2D eigenvalue weighted by Gasteiger charge is -2.25. The number of nitro groups is 1. The Balaban J connectivity index is 1.78. The molecule has 0 saturated heterocycles. The maximum atomic E-state index is 13.5. The molecule has 1 saturated carbocycles. The monoisotopic (exact) mass is 463 g/mol. The molecule has 0 bridgehead atoms.